The Kier molecular flexibility index (Phi) is 9.86. The molecule has 3 N–H and O–H groups in total. The van der Waals surface area contributed by atoms with Crippen molar-refractivity contribution in [3.8, 4) is 5.75 Å². The molecule has 1 unspecified atom stereocenters. The predicted octanol–water partition coefficient (Wildman–Crippen LogP) is 6.44. The molecule has 0 spiro atoms. The van der Waals surface area contributed by atoms with Crippen LogP contribution in [0.1, 0.15) is 16.8 Å². The largest absolute Gasteiger partial charge is 0.495 e. The van der Waals surface area contributed by atoms with Crippen molar-refractivity contribution in [2.75, 3.05) is 24.4 Å². The molecule has 0 aliphatic rings. The van der Waals surface area contributed by atoms with E-state index < -0.39 is 17.3 Å². The molecule has 3 aromatic rings. The summed E-state index contributed by atoms with van der Waals surface area (Å²) in [6, 6.07) is 18.0. The number of anilines is 2. The number of carbonyl (C=O) groups is 3. The zero-order valence-corrected chi connectivity index (χ0v) is 21.3. The van der Waals surface area contributed by atoms with Crippen LogP contribution in [0.5, 0.6) is 5.75 Å². The molecular weight excluding hydrogens is 527 g/mol. The first-order valence-corrected chi connectivity index (χ1v) is 12.2. The Morgan fingerprint density at radius 1 is 0.944 bits per heavy atom. The lowest BCUT2D eigenvalue weighted by atomic mass is 10.2. The molecule has 3 rings (SSSR count). The minimum absolute atomic E-state index is 0.0891. The Morgan fingerprint density at radius 2 is 1.61 bits per heavy atom. The quantitative estimate of drug-likeness (QED) is 0.250. The van der Waals surface area contributed by atoms with Gasteiger partial charge in [0.05, 0.1) is 18.7 Å². The third kappa shape index (κ3) is 8.08. The first-order valence-electron chi connectivity index (χ1n) is 10.6. The number of hydrogen-bond donors (Lipinski definition) is 3. The fourth-order valence-electron chi connectivity index (χ4n) is 2.98. The van der Waals surface area contributed by atoms with Crippen molar-refractivity contribution in [3.05, 3.63) is 82.3 Å². The van der Waals surface area contributed by atoms with Crippen LogP contribution in [0, 0.1) is 0 Å². The van der Waals surface area contributed by atoms with E-state index in [4.69, 9.17) is 32.7 Å². The number of hydrogen-bond acceptors (Lipinski definition) is 6. The lowest BCUT2D eigenvalue weighted by Gasteiger charge is -2.13. The van der Waals surface area contributed by atoms with Crippen molar-refractivity contribution in [3.63, 3.8) is 0 Å². The highest BCUT2D eigenvalue weighted by Gasteiger charge is 2.20. The van der Waals surface area contributed by atoms with Gasteiger partial charge in [0.1, 0.15) is 11.0 Å². The summed E-state index contributed by atoms with van der Waals surface area (Å²) in [5.74, 6) is -0.859. The minimum atomic E-state index is -1.04. The van der Waals surface area contributed by atoms with Gasteiger partial charge in [0, 0.05) is 33.3 Å². The smallest absolute Gasteiger partial charge is 0.411 e. The van der Waals surface area contributed by atoms with Gasteiger partial charge in [-0.1, -0.05) is 23.2 Å². The van der Waals surface area contributed by atoms with E-state index in [-0.39, 0.29) is 18.9 Å². The van der Waals surface area contributed by atoms with Gasteiger partial charge in [-0.05, 0) is 66.7 Å². The van der Waals surface area contributed by atoms with Crippen LogP contribution in [0.4, 0.5) is 16.2 Å². The SMILES string of the molecule is COc1ccc(NC(=O)OCCC(Sc2ccc(NC(=O)c3ccc(Cl)cc3)cc2)C(=O)O)cc1Cl. The molecule has 0 aliphatic heterocycles. The summed E-state index contributed by atoms with van der Waals surface area (Å²) < 4.78 is 10.2. The normalized spacial score (nSPS) is 11.3. The van der Waals surface area contributed by atoms with Crippen molar-refractivity contribution in [1.29, 1.82) is 0 Å². The summed E-state index contributed by atoms with van der Waals surface area (Å²) in [5, 5.41) is 14.9. The van der Waals surface area contributed by atoms with E-state index in [1.807, 2.05) is 0 Å². The molecule has 1 atom stereocenters. The van der Waals surface area contributed by atoms with E-state index in [9.17, 15) is 19.5 Å². The van der Waals surface area contributed by atoms with Gasteiger partial charge in [-0.15, -0.1) is 11.8 Å². The van der Waals surface area contributed by atoms with Crippen LogP contribution in [-0.4, -0.2) is 42.0 Å². The zero-order chi connectivity index (χ0) is 26.1. The fraction of sp³-hybridized carbons (Fsp3) is 0.160. The number of carbonyl (C=O) groups excluding carboxylic acids is 2. The van der Waals surface area contributed by atoms with Crippen LogP contribution in [0.15, 0.2) is 71.6 Å². The number of carboxylic acids is 1. The van der Waals surface area contributed by atoms with Crippen LogP contribution >= 0.6 is 35.0 Å². The molecular formula is C25H22Cl2N2O6S. The molecule has 0 fully saturated rings. The third-order valence-electron chi connectivity index (χ3n) is 4.78. The van der Waals surface area contributed by atoms with Crippen molar-refractivity contribution in [2.24, 2.45) is 0 Å². The van der Waals surface area contributed by atoms with Gasteiger partial charge in [-0.2, -0.15) is 0 Å². The van der Waals surface area contributed by atoms with Crippen LogP contribution < -0.4 is 15.4 Å². The number of aliphatic carboxylic acids is 1. The number of ether oxygens (including phenoxy) is 2. The lowest BCUT2D eigenvalue weighted by Crippen LogP contribution is -2.21. The van der Waals surface area contributed by atoms with Gasteiger partial charge < -0.3 is 19.9 Å². The average molecular weight is 549 g/mol. The molecule has 0 aromatic heterocycles. The van der Waals surface area contributed by atoms with E-state index in [0.29, 0.717) is 37.6 Å². The highest BCUT2D eigenvalue weighted by atomic mass is 35.5. The second kappa shape index (κ2) is 13.1. The molecule has 36 heavy (non-hydrogen) atoms. The van der Waals surface area contributed by atoms with Gasteiger partial charge in [0.15, 0.2) is 0 Å². The van der Waals surface area contributed by atoms with Crippen molar-refractivity contribution in [2.45, 2.75) is 16.6 Å². The highest BCUT2D eigenvalue weighted by Crippen LogP contribution is 2.28. The first-order chi connectivity index (χ1) is 17.2. The maximum atomic E-state index is 12.3. The number of nitrogens with one attached hydrogen (secondary N) is 2. The molecule has 188 valence electrons. The van der Waals surface area contributed by atoms with Crippen LogP contribution in [0.3, 0.4) is 0 Å². The summed E-state index contributed by atoms with van der Waals surface area (Å²) in [5.41, 5.74) is 1.44. The highest BCUT2D eigenvalue weighted by molar-refractivity contribution is 8.00. The first kappa shape index (κ1) is 27.2. The number of thioether (sulfide) groups is 1. The van der Waals surface area contributed by atoms with E-state index >= 15 is 0 Å². The maximum Gasteiger partial charge on any atom is 0.411 e. The Balaban J connectivity index is 1.48. The Hall–Kier alpha value is -3.40. The van der Waals surface area contributed by atoms with Crippen LogP contribution in [0.2, 0.25) is 10.0 Å². The number of amides is 2. The Morgan fingerprint density at radius 3 is 2.22 bits per heavy atom. The second-order valence-corrected chi connectivity index (χ2v) is 9.45. The fourth-order valence-corrected chi connectivity index (χ4v) is 4.30. The van der Waals surface area contributed by atoms with Crippen molar-refractivity contribution < 1.29 is 29.0 Å². The molecule has 11 heteroatoms. The number of halogens is 2. The van der Waals surface area contributed by atoms with Crippen LogP contribution in [0.25, 0.3) is 0 Å². The Bertz CT molecular complexity index is 1220. The Labute approximate surface area is 221 Å². The third-order valence-corrected chi connectivity index (χ3v) is 6.60. The molecule has 2 amide bonds. The topological polar surface area (TPSA) is 114 Å². The monoisotopic (exact) mass is 548 g/mol. The molecule has 0 aliphatic carbocycles. The number of methoxy groups -OCH3 is 1. The number of rotatable bonds is 10. The summed E-state index contributed by atoms with van der Waals surface area (Å²) in [4.78, 5) is 36.7. The van der Waals surface area contributed by atoms with E-state index in [0.717, 1.165) is 11.8 Å². The van der Waals surface area contributed by atoms with Gasteiger partial charge >= 0.3 is 12.1 Å². The second-order valence-electron chi connectivity index (χ2n) is 7.33. The molecule has 0 saturated heterocycles. The van der Waals surface area contributed by atoms with Gasteiger partial charge in [0.25, 0.3) is 5.91 Å². The molecule has 0 bridgehead atoms. The summed E-state index contributed by atoms with van der Waals surface area (Å²) in [6.45, 7) is -0.102. The van der Waals surface area contributed by atoms with Gasteiger partial charge in [-0.3, -0.25) is 14.9 Å². The van der Waals surface area contributed by atoms with Crippen molar-refractivity contribution in [1.82, 2.24) is 0 Å². The van der Waals surface area contributed by atoms with E-state index in [1.165, 1.54) is 13.2 Å². The van der Waals surface area contributed by atoms with E-state index in [1.54, 1.807) is 60.7 Å². The average Bonchev–Trinajstić information content (AvgIpc) is 2.85. The minimum Gasteiger partial charge on any atom is -0.495 e. The van der Waals surface area contributed by atoms with Crippen LogP contribution in [-0.2, 0) is 9.53 Å². The molecule has 0 heterocycles. The van der Waals surface area contributed by atoms with Gasteiger partial charge in [-0.25, -0.2) is 4.79 Å². The van der Waals surface area contributed by atoms with Gasteiger partial charge in [0.2, 0.25) is 0 Å². The molecule has 3 aromatic carbocycles. The summed E-state index contributed by atoms with van der Waals surface area (Å²) >= 11 is 13.0. The zero-order valence-electron chi connectivity index (χ0n) is 19.0. The standard InChI is InChI=1S/C25H22Cl2N2O6S/c1-34-21-11-8-18(14-20(21)27)29-25(33)35-13-12-22(24(31)32)36-19-9-6-17(7-10-19)28-23(30)15-2-4-16(26)5-3-15/h2-11,14,22H,12-13H2,1H3,(H,28,30)(H,29,33)(H,31,32). The summed E-state index contributed by atoms with van der Waals surface area (Å²) in [6.07, 6.45) is -0.641. The maximum absolute atomic E-state index is 12.3. The summed E-state index contributed by atoms with van der Waals surface area (Å²) in [7, 11) is 1.48. The molecule has 0 saturated carbocycles. The lowest BCUT2D eigenvalue weighted by molar-refractivity contribution is -0.136. The number of carboxylic acid groups (broad SMARTS) is 1. The molecule has 0 radical (unpaired) electrons. The van der Waals surface area contributed by atoms with E-state index in [2.05, 4.69) is 10.6 Å². The predicted molar refractivity (Wildman–Crippen MR) is 141 cm³/mol. The number of benzene rings is 3. The molecule has 8 nitrogen and oxygen atoms in total. The van der Waals surface area contributed by atoms with Crippen molar-refractivity contribution >= 4 is 64.3 Å².